The van der Waals surface area contributed by atoms with E-state index >= 15 is 0 Å². The summed E-state index contributed by atoms with van der Waals surface area (Å²) in [5.74, 6) is -0.0549. The molecule has 0 aliphatic rings. The number of anilines is 1. The topological polar surface area (TPSA) is 61.4 Å². The minimum atomic E-state index is -0.0549. The van der Waals surface area contributed by atoms with Gasteiger partial charge in [0, 0.05) is 32.3 Å². The summed E-state index contributed by atoms with van der Waals surface area (Å²) in [6, 6.07) is 7.81. The standard InChI is InChI=1S/C16H26N2O2/c1-13(20)18-15-8-5-4-7-14(15)11-17-12-16(2,3)9-6-10-19/h4-5,7-8,17,19H,6,9-12H2,1-3H3,(H,18,20). The maximum absolute atomic E-state index is 11.2. The Morgan fingerprint density at radius 2 is 2.00 bits per heavy atom. The first kappa shape index (κ1) is 16.7. The number of nitrogens with one attached hydrogen (secondary N) is 2. The Balaban J connectivity index is 2.51. The van der Waals surface area contributed by atoms with Gasteiger partial charge in [-0.25, -0.2) is 0 Å². The Kier molecular flexibility index (Phi) is 6.68. The van der Waals surface area contributed by atoms with Crippen LogP contribution in [-0.2, 0) is 11.3 Å². The highest BCUT2D eigenvalue weighted by Gasteiger charge is 2.16. The summed E-state index contributed by atoms with van der Waals surface area (Å²) < 4.78 is 0. The van der Waals surface area contributed by atoms with Crippen molar-refractivity contribution in [1.29, 1.82) is 0 Å². The Hall–Kier alpha value is -1.39. The van der Waals surface area contributed by atoms with Gasteiger partial charge in [0.2, 0.25) is 5.91 Å². The van der Waals surface area contributed by atoms with Gasteiger partial charge >= 0.3 is 0 Å². The lowest BCUT2D eigenvalue weighted by Crippen LogP contribution is -2.29. The largest absolute Gasteiger partial charge is 0.396 e. The molecule has 0 saturated carbocycles. The van der Waals surface area contributed by atoms with Gasteiger partial charge in [-0.1, -0.05) is 32.0 Å². The molecule has 4 heteroatoms. The highest BCUT2D eigenvalue weighted by Crippen LogP contribution is 2.21. The van der Waals surface area contributed by atoms with Crippen LogP contribution in [0.1, 0.15) is 39.2 Å². The van der Waals surface area contributed by atoms with Crippen LogP contribution in [0, 0.1) is 5.41 Å². The van der Waals surface area contributed by atoms with E-state index in [1.807, 2.05) is 24.3 Å². The lowest BCUT2D eigenvalue weighted by molar-refractivity contribution is -0.114. The Labute approximate surface area is 121 Å². The molecule has 112 valence electrons. The summed E-state index contributed by atoms with van der Waals surface area (Å²) in [6.07, 6.45) is 1.82. The number of aliphatic hydroxyl groups is 1. The smallest absolute Gasteiger partial charge is 0.221 e. The van der Waals surface area contributed by atoms with E-state index in [-0.39, 0.29) is 17.9 Å². The molecule has 3 N–H and O–H groups in total. The number of amides is 1. The highest BCUT2D eigenvalue weighted by atomic mass is 16.2. The van der Waals surface area contributed by atoms with Gasteiger partial charge < -0.3 is 15.7 Å². The SMILES string of the molecule is CC(=O)Nc1ccccc1CNCC(C)(C)CCCO. The van der Waals surface area contributed by atoms with Crippen LogP contribution in [0.4, 0.5) is 5.69 Å². The summed E-state index contributed by atoms with van der Waals surface area (Å²) >= 11 is 0. The van der Waals surface area contributed by atoms with Crippen LogP contribution in [0.15, 0.2) is 24.3 Å². The molecule has 1 aromatic rings. The summed E-state index contributed by atoms with van der Waals surface area (Å²) in [5, 5.41) is 15.2. The molecule has 0 heterocycles. The molecule has 0 bridgehead atoms. The van der Waals surface area contributed by atoms with Crippen molar-refractivity contribution < 1.29 is 9.90 Å². The second-order valence-corrected chi connectivity index (χ2v) is 5.93. The number of hydrogen-bond acceptors (Lipinski definition) is 3. The first-order valence-corrected chi connectivity index (χ1v) is 7.12. The minimum absolute atomic E-state index is 0.0549. The number of aliphatic hydroxyl groups excluding tert-OH is 1. The lowest BCUT2D eigenvalue weighted by Gasteiger charge is -2.25. The number of hydrogen-bond donors (Lipinski definition) is 3. The predicted molar refractivity (Wildman–Crippen MR) is 82.6 cm³/mol. The summed E-state index contributed by atoms with van der Waals surface area (Å²) in [4.78, 5) is 11.2. The zero-order chi connectivity index (χ0) is 15.0. The quantitative estimate of drug-likeness (QED) is 0.685. The van der Waals surface area contributed by atoms with E-state index < -0.39 is 0 Å². The van der Waals surface area contributed by atoms with Crippen molar-refractivity contribution in [3.8, 4) is 0 Å². The molecule has 1 amide bonds. The molecule has 1 aromatic carbocycles. The van der Waals surface area contributed by atoms with Gasteiger partial charge in [-0.15, -0.1) is 0 Å². The molecule has 0 aliphatic heterocycles. The van der Waals surface area contributed by atoms with Gasteiger partial charge in [0.1, 0.15) is 0 Å². The monoisotopic (exact) mass is 278 g/mol. The van der Waals surface area contributed by atoms with E-state index in [1.54, 1.807) is 0 Å². The third-order valence-corrected chi connectivity index (χ3v) is 3.26. The molecule has 4 nitrogen and oxygen atoms in total. The van der Waals surface area contributed by atoms with Crippen molar-refractivity contribution in [2.75, 3.05) is 18.5 Å². The van der Waals surface area contributed by atoms with E-state index in [4.69, 9.17) is 5.11 Å². The van der Waals surface area contributed by atoms with E-state index in [2.05, 4.69) is 24.5 Å². The minimum Gasteiger partial charge on any atom is -0.396 e. The van der Waals surface area contributed by atoms with Crippen molar-refractivity contribution in [2.45, 2.75) is 40.2 Å². The summed E-state index contributed by atoms with van der Waals surface area (Å²) in [5.41, 5.74) is 2.10. The van der Waals surface area contributed by atoms with Crippen LogP contribution in [0.25, 0.3) is 0 Å². The first-order chi connectivity index (χ1) is 9.44. The average molecular weight is 278 g/mol. The van der Waals surface area contributed by atoms with E-state index in [9.17, 15) is 4.79 Å². The molecule has 1 rings (SSSR count). The molecule has 0 aromatic heterocycles. The van der Waals surface area contributed by atoms with Gasteiger partial charge in [-0.2, -0.15) is 0 Å². The molecular weight excluding hydrogens is 252 g/mol. The van der Waals surface area contributed by atoms with Gasteiger partial charge in [0.25, 0.3) is 0 Å². The normalized spacial score (nSPS) is 11.4. The van der Waals surface area contributed by atoms with Crippen molar-refractivity contribution in [1.82, 2.24) is 5.32 Å². The average Bonchev–Trinajstić information content (AvgIpc) is 2.38. The number of carbonyl (C=O) groups is 1. The molecule has 0 atom stereocenters. The van der Waals surface area contributed by atoms with Crippen molar-refractivity contribution in [3.05, 3.63) is 29.8 Å². The number of rotatable bonds is 8. The summed E-state index contributed by atoms with van der Waals surface area (Å²) in [7, 11) is 0. The zero-order valence-electron chi connectivity index (χ0n) is 12.7. The maximum Gasteiger partial charge on any atom is 0.221 e. The van der Waals surface area contributed by atoms with Crippen LogP contribution in [-0.4, -0.2) is 24.2 Å². The van der Waals surface area contributed by atoms with E-state index in [0.717, 1.165) is 37.2 Å². The van der Waals surface area contributed by atoms with Crippen LogP contribution >= 0.6 is 0 Å². The fourth-order valence-electron chi connectivity index (χ4n) is 2.17. The van der Waals surface area contributed by atoms with E-state index in [0.29, 0.717) is 0 Å². The second-order valence-electron chi connectivity index (χ2n) is 5.93. The maximum atomic E-state index is 11.2. The second kappa shape index (κ2) is 8.02. The third kappa shape index (κ3) is 6.17. The van der Waals surface area contributed by atoms with E-state index in [1.165, 1.54) is 6.92 Å². The molecule has 0 fully saturated rings. The van der Waals surface area contributed by atoms with Gasteiger partial charge in [0.05, 0.1) is 0 Å². The molecule has 20 heavy (non-hydrogen) atoms. The molecule has 0 spiro atoms. The zero-order valence-corrected chi connectivity index (χ0v) is 12.7. The predicted octanol–water partition coefficient (Wildman–Crippen LogP) is 2.53. The molecule has 0 radical (unpaired) electrons. The fourth-order valence-corrected chi connectivity index (χ4v) is 2.17. The Bertz CT molecular complexity index is 430. The Morgan fingerprint density at radius 3 is 2.65 bits per heavy atom. The molecular formula is C16H26N2O2. The van der Waals surface area contributed by atoms with Crippen molar-refractivity contribution in [2.24, 2.45) is 5.41 Å². The van der Waals surface area contributed by atoms with Gasteiger partial charge in [0.15, 0.2) is 0 Å². The third-order valence-electron chi connectivity index (χ3n) is 3.26. The molecule has 0 saturated heterocycles. The first-order valence-electron chi connectivity index (χ1n) is 7.12. The van der Waals surface area contributed by atoms with Crippen LogP contribution in [0.5, 0.6) is 0 Å². The molecule has 0 unspecified atom stereocenters. The van der Waals surface area contributed by atoms with Crippen LogP contribution in [0.2, 0.25) is 0 Å². The van der Waals surface area contributed by atoms with Crippen LogP contribution < -0.4 is 10.6 Å². The number of benzene rings is 1. The van der Waals surface area contributed by atoms with Crippen molar-refractivity contribution in [3.63, 3.8) is 0 Å². The van der Waals surface area contributed by atoms with Crippen LogP contribution in [0.3, 0.4) is 0 Å². The fraction of sp³-hybridized carbons (Fsp3) is 0.562. The molecule has 0 aliphatic carbocycles. The summed E-state index contributed by atoms with van der Waals surface area (Å²) in [6.45, 7) is 7.74. The lowest BCUT2D eigenvalue weighted by atomic mass is 9.88. The van der Waals surface area contributed by atoms with Gasteiger partial charge in [-0.3, -0.25) is 4.79 Å². The number of para-hydroxylation sites is 1. The van der Waals surface area contributed by atoms with Crippen molar-refractivity contribution >= 4 is 11.6 Å². The van der Waals surface area contributed by atoms with Gasteiger partial charge in [-0.05, 0) is 29.9 Å². The highest BCUT2D eigenvalue weighted by molar-refractivity contribution is 5.89. The Morgan fingerprint density at radius 1 is 1.30 bits per heavy atom. The number of carbonyl (C=O) groups excluding carboxylic acids is 1.